The van der Waals surface area contributed by atoms with Crippen molar-refractivity contribution in [2.24, 2.45) is 0 Å². The molecule has 0 bridgehead atoms. The van der Waals surface area contributed by atoms with Crippen LogP contribution >= 0.6 is 11.3 Å². The van der Waals surface area contributed by atoms with Crippen molar-refractivity contribution in [2.45, 2.75) is 6.92 Å². The van der Waals surface area contributed by atoms with E-state index in [1.54, 1.807) is 49.5 Å². The second-order valence-electron chi connectivity index (χ2n) is 6.87. The summed E-state index contributed by atoms with van der Waals surface area (Å²) in [5, 5.41) is 16.2. The minimum Gasteiger partial charge on any atom is -0.546 e. The Bertz CT molecular complexity index is 1330. The molecule has 0 aliphatic heterocycles. The molecule has 34 heavy (non-hydrogen) atoms. The molecule has 8 nitrogen and oxygen atoms in total. The molecule has 168 valence electrons. The number of rotatable bonds is 7. The van der Waals surface area contributed by atoms with Gasteiger partial charge in [-0.25, -0.2) is 14.2 Å². The molecule has 0 radical (unpaired) electrons. The zero-order valence-electron chi connectivity index (χ0n) is 18.4. The number of nitrogens with zero attached hydrogens (tertiary/aromatic N) is 2. The first-order valence-electron chi connectivity index (χ1n) is 9.98. The molecule has 2 N–H and O–H groups in total. The van der Waals surface area contributed by atoms with Crippen molar-refractivity contribution in [3.63, 3.8) is 0 Å². The maximum absolute atomic E-state index is 15.6. The molecule has 4 aromatic rings. The van der Waals surface area contributed by atoms with Gasteiger partial charge in [0.25, 0.3) is 0 Å². The minimum atomic E-state index is -1.36. The van der Waals surface area contributed by atoms with Gasteiger partial charge in [-0.3, -0.25) is 10.3 Å². The van der Waals surface area contributed by atoms with Gasteiger partial charge in [0.1, 0.15) is 17.9 Å². The molecular weight excluding hydrogens is 454 g/mol. The fourth-order valence-corrected chi connectivity index (χ4v) is 4.21. The molecule has 0 atom stereocenters. The fourth-order valence-electron chi connectivity index (χ4n) is 3.23. The Kier molecular flexibility index (Phi) is 8.23. The maximum atomic E-state index is 15.6. The third-order valence-corrected chi connectivity index (χ3v) is 5.61. The topological polar surface area (TPSA) is 116 Å². The Morgan fingerprint density at radius 2 is 1.97 bits per heavy atom. The largest absolute Gasteiger partial charge is 1.00 e. The van der Waals surface area contributed by atoms with E-state index in [0.29, 0.717) is 28.1 Å². The number of urea groups is 1. The number of aromatic nitrogens is 2. The number of carbonyl (C=O) groups excluding carboxylic acids is 2. The van der Waals surface area contributed by atoms with E-state index in [2.05, 4.69) is 20.6 Å². The van der Waals surface area contributed by atoms with E-state index in [0.717, 1.165) is 11.3 Å². The van der Waals surface area contributed by atoms with Crippen molar-refractivity contribution >= 4 is 38.7 Å². The number of amides is 2. The van der Waals surface area contributed by atoms with Crippen LogP contribution in [-0.4, -0.2) is 35.1 Å². The van der Waals surface area contributed by atoms with E-state index in [4.69, 9.17) is 4.74 Å². The standard InChI is InChI=1S/C23H19FN4O4S.Li/c1-2-25-22(31)28-23-27-20-19(24)15(13-6-5-7-14(10-13)32-12-18(29)30)11-16(21(20)33-23)17-8-3-4-9-26-17;/h3-11H,2,12H2,1H3,(H,29,30)(H2,25,27,28,31);/q;+1/p-1. The summed E-state index contributed by atoms with van der Waals surface area (Å²) in [6.07, 6.45) is 1.63. The van der Waals surface area contributed by atoms with Gasteiger partial charge in [-0.05, 0) is 42.8 Å². The fraction of sp³-hybridized carbons (Fsp3) is 0.130. The molecule has 0 unspecified atom stereocenters. The van der Waals surface area contributed by atoms with E-state index in [1.165, 1.54) is 6.07 Å². The molecule has 2 aromatic heterocycles. The van der Waals surface area contributed by atoms with Gasteiger partial charge in [0.15, 0.2) is 10.9 Å². The van der Waals surface area contributed by atoms with E-state index >= 15 is 4.39 Å². The van der Waals surface area contributed by atoms with Gasteiger partial charge in [0, 0.05) is 23.9 Å². The summed E-state index contributed by atoms with van der Waals surface area (Å²) >= 11 is 1.15. The first-order valence-corrected chi connectivity index (χ1v) is 10.8. The quantitative estimate of drug-likeness (QED) is 0.377. The van der Waals surface area contributed by atoms with Gasteiger partial charge >= 0.3 is 24.9 Å². The van der Waals surface area contributed by atoms with Crippen molar-refractivity contribution in [1.82, 2.24) is 15.3 Å². The molecule has 0 aliphatic carbocycles. The van der Waals surface area contributed by atoms with Crippen LogP contribution in [0.3, 0.4) is 0 Å². The molecule has 2 aromatic carbocycles. The Labute approximate surface area is 210 Å². The summed E-state index contributed by atoms with van der Waals surface area (Å²) in [5.41, 5.74) is 2.04. The summed E-state index contributed by atoms with van der Waals surface area (Å²) in [6.45, 7) is 1.60. The average molecular weight is 472 g/mol. The number of pyridine rings is 1. The number of carboxylic acids is 1. The second-order valence-corrected chi connectivity index (χ2v) is 7.87. The summed E-state index contributed by atoms with van der Waals surface area (Å²) in [7, 11) is 0. The van der Waals surface area contributed by atoms with Gasteiger partial charge in [-0.15, -0.1) is 0 Å². The number of thiazole rings is 1. The molecule has 2 heterocycles. The number of nitrogens with one attached hydrogen (secondary N) is 2. The van der Waals surface area contributed by atoms with E-state index in [1.807, 2.05) is 6.07 Å². The minimum absolute atomic E-state index is 0. The SMILES string of the molecule is CCNC(=O)Nc1nc2c(F)c(-c3cccc(OCC(=O)[O-])c3)cc(-c3ccccn3)c2s1.[Li+]. The second kappa shape index (κ2) is 11.1. The van der Waals surface area contributed by atoms with Gasteiger partial charge in [0.2, 0.25) is 0 Å². The molecule has 4 rings (SSSR count). The number of benzene rings is 2. The van der Waals surface area contributed by atoms with Gasteiger partial charge < -0.3 is 20.0 Å². The summed E-state index contributed by atoms with van der Waals surface area (Å²) < 4.78 is 21.4. The van der Waals surface area contributed by atoms with Crippen LogP contribution in [0.1, 0.15) is 6.92 Å². The first kappa shape index (κ1) is 25.2. The number of hydrogen-bond acceptors (Lipinski definition) is 7. The number of carboxylic acid groups (broad SMARTS) is 1. The monoisotopic (exact) mass is 472 g/mol. The van der Waals surface area contributed by atoms with E-state index in [-0.39, 0.29) is 40.8 Å². The van der Waals surface area contributed by atoms with Crippen LogP contribution in [0.2, 0.25) is 0 Å². The van der Waals surface area contributed by atoms with Crippen LogP contribution in [0.5, 0.6) is 5.75 Å². The zero-order valence-corrected chi connectivity index (χ0v) is 19.2. The summed E-state index contributed by atoms with van der Waals surface area (Å²) in [5.74, 6) is -1.69. The van der Waals surface area contributed by atoms with Crippen molar-refractivity contribution in [3.8, 4) is 28.1 Å². The third-order valence-electron chi connectivity index (χ3n) is 4.61. The molecule has 0 saturated heterocycles. The molecule has 2 amide bonds. The number of carbonyl (C=O) groups is 2. The first-order chi connectivity index (χ1) is 16.0. The zero-order chi connectivity index (χ0) is 23.4. The number of halogens is 1. The van der Waals surface area contributed by atoms with Crippen LogP contribution in [0.15, 0.2) is 54.7 Å². The van der Waals surface area contributed by atoms with Crippen molar-refractivity contribution < 1.29 is 42.7 Å². The van der Waals surface area contributed by atoms with Gasteiger partial charge in [-0.2, -0.15) is 0 Å². The van der Waals surface area contributed by atoms with Crippen LogP contribution in [0.4, 0.5) is 14.3 Å². The van der Waals surface area contributed by atoms with Gasteiger partial charge in [0.05, 0.1) is 16.4 Å². The molecule has 11 heteroatoms. The molecule has 0 saturated carbocycles. The number of aliphatic carboxylic acids is 1. The van der Waals surface area contributed by atoms with Crippen LogP contribution < -0.4 is 39.3 Å². The van der Waals surface area contributed by atoms with E-state index < -0.39 is 24.4 Å². The molecular formula is C23H18FLiN4O4S. The third kappa shape index (κ3) is 5.54. The Balaban J connectivity index is 0.00000324. The van der Waals surface area contributed by atoms with E-state index in [9.17, 15) is 14.7 Å². The molecule has 0 aliphatic rings. The molecule has 0 spiro atoms. The summed E-state index contributed by atoms with van der Waals surface area (Å²) in [4.78, 5) is 31.4. The number of fused-ring (bicyclic) bond motifs is 1. The number of ether oxygens (including phenoxy) is 1. The molecule has 0 fully saturated rings. The van der Waals surface area contributed by atoms with Crippen molar-refractivity contribution in [1.29, 1.82) is 0 Å². The normalized spacial score (nSPS) is 10.4. The number of hydrogen-bond donors (Lipinski definition) is 2. The predicted octanol–water partition coefficient (Wildman–Crippen LogP) is 0.438. The smallest absolute Gasteiger partial charge is 0.546 e. The number of anilines is 1. The predicted molar refractivity (Wildman–Crippen MR) is 121 cm³/mol. The Morgan fingerprint density at radius 1 is 1.15 bits per heavy atom. The Hall–Kier alpha value is -3.45. The van der Waals surface area contributed by atoms with Crippen molar-refractivity contribution in [3.05, 3.63) is 60.5 Å². The average Bonchev–Trinajstić information content (AvgIpc) is 3.23. The van der Waals surface area contributed by atoms with Gasteiger partial charge in [-0.1, -0.05) is 29.5 Å². The van der Waals surface area contributed by atoms with Crippen molar-refractivity contribution in [2.75, 3.05) is 18.5 Å². The van der Waals surface area contributed by atoms with Crippen LogP contribution in [0.25, 0.3) is 32.6 Å². The maximum Gasteiger partial charge on any atom is 1.00 e. The summed E-state index contributed by atoms with van der Waals surface area (Å²) in [6, 6.07) is 13.0. The van der Waals surface area contributed by atoms with Crippen LogP contribution in [0, 0.1) is 5.82 Å². The van der Waals surface area contributed by atoms with Crippen LogP contribution in [-0.2, 0) is 4.79 Å². The Morgan fingerprint density at radius 3 is 2.68 bits per heavy atom.